The molecule has 0 N–H and O–H groups in total. The number of aromatic nitrogens is 2. The van der Waals surface area contributed by atoms with Crippen molar-refractivity contribution in [3.63, 3.8) is 0 Å². The zero-order valence-electron chi connectivity index (χ0n) is 20.8. The summed E-state index contributed by atoms with van der Waals surface area (Å²) in [6.45, 7) is 1.98. The number of amides is 1. The third-order valence-electron chi connectivity index (χ3n) is 7.09. The second kappa shape index (κ2) is 9.97. The van der Waals surface area contributed by atoms with Gasteiger partial charge in [0.15, 0.2) is 0 Å². The van der Waals surface area contributed by atoms with Crippen molar-refractivity contribution in [2.45, 2.75) is 25.3 Å². The Hall–Kier alpha value is -4.32. The van der Waals surface area contributed by atoms with Crippen LogP contribution in [0.5, 0.6) is 11.5 Å². The van der Waals surface area contributed by atoms with E-state index < -0.39 is 0 Å². The molecule has 6 nitrogen and oxygen atoms in total. The van der Waals surface area contributed by atoms with Crippen LogP contribution in [-0.2, 0) is 11.3 Å². The maximum atomic E-state index is 13.0. The predicted octanol–water partition coefficient (Wildman–Crippen LogP) is 6.19. The maximum absolute atomic E-state index is 13.0. The second-order valence-electron chi connectivity index (χ2n) is 9.39. The number of aryl methyl sites for hydroxylation is 1. The van der Waals surface area contributed by atoms with Crippen LogP contribution in [0.2, 0.25) is 0 Å². The van der Waals surface area contributed by atoms with Crippen LogP contribution in [0.15, 0.2) is 91.0 Å². The highest BCUT2D eigenvalue weighted by Crippen LogP contribution is 2.34. The second-order valence-corrected chi connectivity index (χ2v) is 9.39. The van der Waals surface area contributed by atoms with Crippen LogP contribution in [0.25, 0.3) is 21.8 Å². The predicted molar refractivity (Wildman–Crippen MR) is 146 cm³/mol. The van der Waals surface area contributed by atoms with Gasteiger partial charge in [0.05, 0.1) is 24.8 Å². The normalized spacial score (nSPS) is 15.5. The average Bonchev–Trinajstić information content (AvgIpc) is 3.51. The fourth-order valence-electron chi connectivity index (χ4n) is 5.26. The SMILES string of the molecule is COc1ccc(N2CC(c3nc4ccccc4n3CCCOc3cccc4ccccc34)CC2=O)cc1. The first-order chi connectivity index (χ1) is 18.2. The quantitative estimate of drug-likeness (QED) is 0.243. The summed E-state index contributed by atoms with van der Waals surface area (Å²) in [6, 6.07) is 30.3. The fourth-order valence-corrected chi connectivity index (χ4v) is 5.26. The number of anilines is 1. The Morgan fingerprint density at radius 2 is 1.70 bits per heavy atom. The number of benzene rings is 4. The van der Waals surface area contributed by atoms with Gasteiger partial charge in [-0.2, -0.15) is 0 Å². The Bertz CT molecular complexity index is 1550. The Labute approximate surface area is 216 Å². The molecule has 186 valence electrons. The Kier molecular flexibility index (Phi) is 6.23. The molecule has 4 aromatic carbocycles. The van der Waals surface area contributed by atoms with E-state index in [1.165, 1.54) is 5.39 Å². The van der Waals surface area contributed by atoms with Crippen molar-refractivity contribution in [3.05, 3.63) is 96.8 Å². The molecule has 1 aromatic heterocycles. The minimum atomic E-state index is 0.0287. The summed E-state index contributed by atoms with van der Waals surface area (Å²) in [5.74, 6) is 2.80. The van der Waals surface area contributed by atoms with Crippen LogP contribution in [0, 0.1) is 0 Å². The largest absolute Gasteiger partial charge is 0.497 e. The first-order valence-corrected chi connectivity index (χ1v) is 12.7. The first kappa shape index (κ1) is 23.1. The van der Waals surface area contributed by atoms with Gasteiger partial charge in [0, 0.05) is 36.5 Å². The Morgan fingerprint density at radius 3 is 2.57 bits per heavy atom. The average molecular weight is 492 g/mol. The molecule has 0 bridgehead atoms. The van der Waals surface area contributed by atoms with E-state index in [0.29, 0.717) is 19.6 Å². The summed E-state index contributed by atoms with van der Waals surface area (Å²) in [5.41, 5.74) is 2.94. The lowest BCUT2D eigenvalue weighted by molar-refractivity contribution is -0.117. The highest BCUT2D eigenvalue weighted by Gasteiger charge is 2.34. The lowest BCUT2D eigenvalue weighted by Gasteiger charge is -2.18. The number of fused-ring (bicyclic) bond motifs is 2. The lowest BCUT2D eigenvalue weighted by atomic mass is 10.1. The van der Waals surface area contributed by atoms with Gasteiger partial charge in [0.25, 0.3) is 0 Å². The van der Waals surface area contributed by atoms with E-state index in [1.807, 2.05) is 71.6 Å². The number of carbonyl (C=O) groups excluding carboxylic acids is 1. The molecular weight excluding hydrogens is 462 g/mol. The van der Waals surface area contributed by atoms with Gasteiger partial charge in [0.2, 0.25) is 5.91 Å². The molecule has 1 amide bonds. The zero-order chi connectivity index (χ0) is 25.2. The first-order valence-electron chi connectivity index (χ1n) is 12.7. The van der Waals surface area contributed by atoms with Crippen molar-refractivity contribution >= 4 is 33.4 Å². The van der Waals surface area contributed by atoms with Crippen LogP contribution in [0.4, 0.5) is 5.69 Å². The third-order valence-corrected chi connectivity index (χ3v) is 7.09. The molecule has 0 spiro atoms. The number of nitrogens with zero attached hydrogens (tertiary/aromatic N) is 3. The molecule has 1 saturated heterocycles. The van der Waals surface area contributed by atoms with Crippen LogP contribution in [0.1, 0.15) is 24.6 Å². The van der Waals surface area contributed by atoms with Crippen LogP contribution in [0.3, 0.4) is 0 Å². The fraction of sp³-hybridized carbons (Fsp3) is 0.226. The zero-order valence-corrected chi connectivity index (χ0v) is 20.8. The molecular formula is C31H29N3O3. The minimum Gasteiger partial charge on any atom is -0.497 e. The highest BCUT2D eigenvalue weighted by atomic mass is 16.5. The summed E-state index contributed by atoms with van der Waals surface area (Å²) in [5, 5.41) is 2.30. The molecule has 0 radical (unpaired) electrons. The molecule has 37 heavy (non-hydrogen) atoms. The van der Waals surface area contributed by atoms with Gasteiger partial charge in [-0.1, -0.05) is 48.5 Å². The molecule has 5 aromatic rings. The van der Waals surface area contributed by atoms with Crippen LogP contribution < -0.4 is 14.4 Å². The monoisotopic (exact) mass is 491 g/mol. The number of carbonyl (C=O) groups is 1. The van der Waals surface area contributed by atoms with Crippen molar-refractivity contribution in [2.24, 2.45) is 0 Å². The van der Waals surface area contributed by atoms with E-state index in [2.05, 4.69) is 28.8 Å². The van der Waals surface area contributed by atoms with E-state index in [1.54, 1.807) is 7.11 Å². The summed E-state index contributed by atoms with van der Waals surface area (Å²) < 4.78 is 13.7. The molecule has 6 heteroatoms. The molecule has 1 atom stereocenters. The van der Waals surface area contributed by atoms with Gasteiger partial charge in [-0.3, -0.25) is 4.79 Å². The van der Waals surface area contributed by atoms with Crippen LogP contribution in [-0.4, -0.2) is 35.7 Å². The number of imidazole rings is 1. The summed E-state index contributed by atoms with van der Waals surface area (Å²) in [6.07, 6.45) is 1.28. The third kappa shape index (κ3) is 4.51. The van der Waals surface area contributed by atoms with E-state index in [9.17, 15) is 4.79 Å². The molecule has 1 unspecified atom stereocenters. The van der Waals surface area contributed by atoms with E-state index in [-0.39, 0.29) is 11.8 Å². The van der Waals surface area contributed by atoms with E-state index in [4.69, 9.17) is 14.5 Å². The lowest BCUT2D eigenvalue weighted by Crippen LogP contribution is -2.24. The number of ether oxygens (including phenoxy) is 2. The van der Waals surface area contributed by atoms with Gasteiger partial charge >= 0.3 is 0 Å². The summed E-state index contributed by atoms with van der Waals surface area (Å²) in [7, 11) is 1.64. The Balaban J connectivity index is 1.20. The molecule has 0 saturated carbocycles. The number of rotatable bonds is 8. The maximum Gasteiger partial charge on any atom is 0.227 e. The van der Waals surface area contributed by atoms with Gasteiger partial charge in [-0.15, -0.1) is 0 Å². The van der Waals surface area contributed by atoms with Crippen molar-refractivity contribution in [1.82, 2.24) is 9.55 Å². The molecule has 1 aliphatic heterocycles. The Morgan fingerprint density at radius 1 is 0.919 bits per heavy atom. The minimum absolute atomic E-state index is 0.0287. The molecule has 1 aliphatic rings. The summed E-state index contributed by atoms with van der Waals surface area (Å²) in [4.78, 5) is 19.8. The molecule has 0 aliphatic carbocycles. The molecule has 1 fully saturated rings. The number of para-hydroxylation sites is 2. The van der Waals surface area contributed by atoms with Crippen molar-refractivity contribution in [3.8, 4) is 11.5 Å². The van der Waals surface area contributed by atoms with Gasteiger partial charge in [-0.05, 0) is 54.3 Å². The molecule has 6 rings (SSSR count). The smallest absolute Gasteiger partial charge is 0.227 e. The van der Waals surface area contributed by atoms with Gasteiger partial charge < -0.3 is 18.9 Å². The van der Waals surface area contributed by atoms with Crippen molar-refractivity contribution in [1.29, 1.82) is 0 Å². The number of hydrogen-bond acceptors (Lipinski definition) is 4. The van der Waals surface area contributed by atoms with E-state index in [0.717, 1.165) is 52.4 Å². The van der Waals surface area contributed by atoms with Crippen LogP contribution >= 0.6 is 0 Å². The number of hydrogen-bond donors (Lipinski definition) is 0. The van der Waals surface area contributed by atoms with Crippen molar-refractivity contribution in [2.75, 3.05) is 25.2 Å². The standard InChI is InChI=1S/C31H29N3O3/c1-36-25-16-14-24(15-17-25)34-21-23(20-30(34)35)31-32-27-11-4-5-12-28(27)33(31)18-7-19-37-29-13-6-9-22-8-2-3-10-26(22)29/h2-6,8-17,23H,7,18-21H2,1H3. The van der Waals surface area contributed by atoms with Crippen molar-refractivity contribution < 1.29 is 14.3 Å². The number of methoxy groups -OCH3 is 1. The van der Waals surface area contributed by atoms with Gasteiger partial charge in [0.1, 0.15) is 17.3 Å². The summed E-state index contributed by atoms with van der Waals surface area (Å²) >= 11 is 0. The molecule has 2 heterocycles. The topological polar surface area (TPSA) is 56.6 Å². The van der Waals surface area contributed by atoms with Gasteiger partial charge in [-0.25, -0.2) is 4.98 Å². The van der Waals surface area contributed by atoms with E-state index >= 15 is 0 Å². The highest BCUT2D eigenvalue weighted by molar-refractivity contribution is 5.96.